The Bertz CT molecular complexity index is 1470. The first-order valence-electron chi connectivity index (χ1n) is 8.37. The minimum atomic E-state index is -1.27. The van der Waals surface area contributed by atoms with E-state index < -0.39 is 11.4 Å². The van der Waals surface area contributed by atoms with Crippen LogP contribution in [0.25, 0.3) is 37.5 Å². The van der Waals surface area contributed by atoms with Crippen LogP contribution in [-0.2, 0) is 0 Å². The molecule has 0 saturated carbocycles. The number of para-hydroxylation sites is 1. The van der Waals surface area contributed by atoms with Crippen molar-refractivity contribution in [2.45, 2.75) is 0 Å². The Hall–Kier alpha value is -3.78. The Balaban J connectivity index is 1.97. The zero-order chi connectivity index (χ0) is 19.4. The van der Waals surface area contributed by atoms with E-state index >= 15 is 0 Å². The van der Waals surface area contributed by atoms with Gasteiger partial charge in [-0.15, -0.1) is 11.3 Å². The van der Waals surface area contributed by atoms with Crippen molar-refractivity contribution in [2.75, 3.05) is 5.73 Å². The summed E-state index contributed by atoms with van der Waals surface area (Å²) in [5, 5.41) is 9.81. The second kappa shape index (κ2) is 5.86. The van der Waals surface area contributed by atoms with Gasteiger partial charge in [0.05, 0.1) is 15.6 Å². The molecule has 28 heavy (non-hydrogen) atoms. The van der Waals surface area contributed by atoms with Crippen molar-refractivity contribution in [1.29, 1.82) is 0 Å². The molecule has 136 valence electrons. The van der Waals surface area contributed by atoms with Gasteiger partial charge in [0, 0.05) is 17.4 Å². The summed E-state index contributed by atoms with van der Waals surface area (Å²) in [6.45, 7) is 0. The number of fused-ring (bicyclic) bond motifs is 5. The summed E-state index contributed by atoms with van der Waals surface area (Å²) in [6.07, 6.45) is 1.39. The van der Waals surface area contributed by atoms with Gasteiger partial charge in [-0.3, -0.25) is 9.20 Å². The standard InChI is InChI=1S/C20H12N4O3S/c21-11-7-5-10(6-8-11)17-22-9-12-16(25)15(20(26)27)19-24(18(12)23-17)13-3-1-2-4-14(13)28-19/h1-9H,21H2,(H,26,27). The molecule has 0 atom stereocenters. The van der Waals surface area contributed by atoms with Gasteiger partial charge in [-0.05, 0) is 36.4 Å². The van der Waals surface area contributed by atoms with Crippen molar-refractivity contribution in [3.63, 3.8) is 0 Å². The first-order chi connectivity index (χ1) is 13.5. The number of pyridine rings is 1. The Morgan fingerprint density at radius 2 is 1.86 bits per heavy atom. The highest BCUT2D eigenvalue weighted by Gasteiger charge is 2.22. The topological polar surface area (TPSA) is 111 Å². The number of aromatic nitrogens is 3. The average Bonchev–Trinajstić information content (AvgIpc) is 3.07. The summed E-state index contributed by atoms with van der Waals surface area (Å²) in [4.78, 5) is 33.9. The minimum Gasteiger partial charge on any atom is -0.477 e. The number of rotatable bonds is 2. The number of nitrogens with two attached hydrogens (primary N) is 1. The van der Waals surface area contributed by atoms with Crippen LogP contribution in [0, 0.1) is 0 Å². The van der Waals surface area contributed by atoms with Crippen LogP contribution in [0.15, 0.2) is 59.5 Å². The number of hydrogen-bond acceptors (Lipinski definition) is 6. The second-order valence-corrected chi connectivity index (χ2v) is 7.30. The molecule has 0 aliphatic rings. The fourth-order valence-corrected chi connectivity index (χ4v) is 4.43. The molecule has 0 unspecified atom stereocenters. The molecule has 0 amide bonds. The quantitative estimate of drug-likeness (QED) is 0.449. The Kier molecular flexibility index (Phi) is 3.43. The summed E-state index contributed by atoms with van der Waals surface area (Å²) < 4.78 is 2.59. The molecule has 0 spiro atoms. The zero-order valence-corrected chi connectivity index (χ0v) is 15.1. The minimum absolute atomic E-state index is 0.164. The highest BCUT2D eigenvalue weighted by molar-refractivity contribution is 7.24. The lowest BCUT2D eigenvalue weighted by Crippen LogP contribution is -2.18. The molecule has 0 fully saturated rings. The number of anilines is 1. The smallest absolute Gasteiger partial charge is 0.342 e. The summed E-state index contributed by atoms with van der Waals surface area (Å²) in [5.74, 6) is -0.836. The van der Waals surface area contributed by atoms with E-state index in [1.807, 2.05) is 24.3 Å². The van der Waals surface area contributed by atoms with Crippen LogP contribution in [0.5, 0.6) is 0 Å². The van der Waals surface area contributed by atoms with Crippen LogP contribution in [-0.4, -0.2) is 25.4 Å². The van der Waals surface area contributed by atoms with Gasteiger partial charge in [-0.25, -0.2) is 14.8 Å². The molecule has 3 heterocycles. The molecule has 5 rings (SSSR count). The first-order valence-corrected chi connectivity index (χ1v) is 9.18. The van der Waals surface area contributed by atoms with Gasteiger partial charge in [0.15, 0.2) is 11.5 Å². The molecule has 0 saturated heterocycles. The number of carbonyl (C=O) groups is 1. The van der Waals surface area contributed by atoms with Gasteiger partial charge in [0.1, 0.15) is 10.4 Å². The van der Waals surface area contributed by atoms with Crippen molar-refractivity contribution in [1.82, 2.24) is 14.4 Å². The number of benzene rings is 2. The Morgan fingerprint density at radius 3 is 2.61 bits per heavy atom. The van der Waals surface area contributed by atoms with Gasteiger partial charge in [-0.1, -0.05) is 12.1 Å². The number of carboxylic acid groups (broad SMARTS) is 1. The molecule has 7 nitrogen and oxygen atoms in total. The van der Waals surface area contributed by atoms with Crippen molar-refractivity contribution >= 4 is 49.1 Å². The second-order valence-electron chi connectivity index (χ2n) is 6.27. The van der Waals surface area contributed by atoms with Crippen molar-refractivity contribution in [3.8, 4) is 11.4 Å². The fraction of sp³-hybridized carbons (Fsp3) is 0. The molecule has 3 aromatic heterocycles. The maximum absolute atomic E-state index is 12.9. The van der Waals surface area contributed by atoms with Gasteiger partial charge in [-0.2, -0.15) is 0 Å². The van der Waals surface area contributed by atoms with Crippen LogP contribution in [0.4, 0.5) is 5.69 Å². The Labute approximate surface area is 161 Å². The van der Waals surface area contributed by atoms with E-state index in [0.29, 0.717) is 22.0 Å². The SMILES string of the molecule is Nc1ccc(-c2ncc3c(=O)c(C(=O)O)c4sc5ccccc5n4c3n2)cc1. The van der Waals surface area contributed by atoms with E-state index in [9.17, 15) is 14.7 Å². The van der Waals surface area contributed by atoms with Gasteiger partial charge >= 0.3 is 5.97 Å². The van der Waals surface area contributed by atoms with Crippen molar-refractivity contribution in [2.24, 2.45) is 0 Å². The lowest BCUT2D eigenvalue weighted by Gasteiger charge is -2.07. The van der Waals surface area contributed by atoms with E-state index in [1.165, 1.54) is 17.5 Å². The number of aromatic carboxylic acids is 1. The van der Waals surface area contributed by atoms with Crippen LogP contribution >= 0.6 is 11.3 Å². The monoisotopic (exact) mass is 388 g/mol. The molecular weight excluding hydrogens is 376 g/mol. The molecule has 8 heteroatoms. The van der Waals surface area contributed by atoms with Crippen LogP contribution in [0.2, 0.25) is 0 Å². The van der Waals surface area contributed by atoms with E-state index in [1.54, 1.807) is 28.7 Å². The highest BCUT2D eigenvalue weighted by atomic mass is 32.1. The normalized spacial score (nSPS) is 11.4. The van der Waals surface area contributed by atoms with Crippen LogP contribution < -0.4 is 11.2 Å². The first kappa shape index (κ1) is 16.4. The summed E-state index contributed by atoms with van der Waals surface area (Å²) in [7, 11) is 0. The van der Waals surface area contributed by atoms with E-state index in [4.69, 9.17) is 5.73 Å². The average molecular weight is 388 g/mol. The summed E-state index contributed by atoms with van der Waals surface area (Å²) in [6, 6.07) is 14.6. The maximum Gasteiger partial charge on any atom is 0.342 e. The summed E-state index contributed by atoms with van der Waals surface area (Å²) >= 11 is 1.25. The molecule has 2 aromatic carbocycles. The number of carboxylic acids is 1. The van der Waals surface area contributed by atoms with Gasteiger partial charge < -0.3 is 10.8 Å². The summed E-state index contributed by atoms with van der Waals surface area (Å²) in [5.41, 5.74) is 7.43. The van der Waals surface area contributed by atoms with Gasteiger partial charge in [0.25, 0.3) is 0 Å². The lowest BCUT2D eigenvalue weighted by atomic mass is 10.1. The Morgan fingerprint density at radius 1 is 1.11 bits per heavy atom. The molecular formula is C20H12N4O3S. The fourth-order valence-electron chi connectivity index (χ4n) is 3.26. The van der Waals surface area contributed by atoms with E-state index in [-0.39, 0.29) is 10.9 Å². The van der Waals surface area contributed by atoms with Crippen LogP contribution in [0.3, 0.4) is 0 Å². The molecule has 0 radical (unpaired) electrons. The number of nitrogen functional groups attached to an aromatic ring is 1. The number of thiazole rings is 1. The number of nitrogens with zero attached hydrogens (tertiary/aromatic N) is 3. The third kappa shape index (κ3) is 2.28. The third-order valence-electron chi connectivity index (χ3n) is 4.56. The molecule has 0 aliphatic carbocycles. The highest BCUT2D eigenvalue weighted by Crippen LogP contribution is 2.31. The molecule has 0 bridgehead atoms. The lowest BCUT2D eigenvalue weighted by molar-refractivity contribution is 0.0697. The predicted molar refractivity (Wildman–Crippen MR) is 109 cm³/mol. The predicted octanol–water partition coefficient (Wildman–Crippen LogP) is 3.40. The van der Waals surface area contributed by atoms with Gasteiger partial charge in [0.2, 0.25) is 5.43 Å². The van der Waals surface area contributed by atoms with Crippen LogP contribution in [0.1, 0.15) is 10.4 Å². The van der Waals surface area contributed by atoms with E-state index in [0.717, 1.165) is 15.8 Å². The number of hydrogen-bond donors (Lipinski definition) is 2. The molecule has 5 aromatic rings. The third-order valence-corrected chi connectivity index (χ3v) is 5.71. The zero-order valence-electron chi connectivity index (χ0n) is 14.3. The van der Waals surface area contributed by atoms with E-state index in [2.05, 4.69) is 9.97 Å². The van der Waals surface area contributed by atoms with Crippen molar-refractivity contribution in [3.05, 3.63) is 70.5 Å². The molecule has 0 aliphatic heterocycles. The largest absolute Gasteiger partial charge is 0.477 e. The van der Waals surface area contributed by atoms with Crippen molar-refractivity contribution < 1.29 is 9.90 Å². The molecule has 3 N–H and O–H groups in total. The maximum atomic E-state index is 12.9.